The van der Waals surface area contributed by atoms with Crippen LogP contribution in [0.25, 0.3) is 21.8 Å². The van der Waals surface area contributed by atoms with E-state index >= 15 is 0 Å². The van der Waals surface area contributed by atoms with Crippen LogP contribution in [-0.4, -0.2) is 9.55 Å². The van der Waals surface area contributed by atoms with Gasteiger partial charge >= 0.3 is 0 Å². The van der Waals surface area contributed by atoms with E-state index in [0.717, 1.165) is 34.8 Å². The normalized spacial score (nSPS) is 11.6. The fourth-order valence-corrected chi connectivity index (χ4v) is 4.09. The molecule has 4 heteroatoms. The van der Waals surface area contributed by atoms with E-state index in [-0.39, 0.29) is 5.56 Å². The molecule has 0 aliphatic carbocycles. The van der Waals surface area contributed by atoms with Gasteiger partial charge in [0.25, 0.3) is 5.56 Å². The smallest absolute Gasteiger partial charge is 0.274 e. The Morgan fingerprint density at radius 1 is 0.889 bits per heavy atom. The second-order valence-electron chi connectivity index (χ2n) is 7.67. The summed E-state index contributed by atoms with van der Waals surface area (Å²) in [6.45, 7) is 3.15. The zero-order valence-electron chi connectivity index (χ0n) is 16.6. The number of aryl methyl sites for hydroxylation is 1. The van der Waals surface area contributed by atoms with E-state index in [4.69, 9.17) is 5.73 Å². The second-order valence-corrected chi connectivity index (χ2v) is 7.67. The van der Waals surface area contributed by atoms with E-state index in [2.05, 4.69) is 28.6 Å². The number of rotatable bonds is 11. The number of H-pyrrole nitrogens is 1. The van der Waals surface area contributed by atoms with E-state index in [1.807, 2.05) is 18.2 Å². The minimum atomic E-state index is -0.0896. The monoisotopic (exact) mass is 367 g/mol. The highest BCUT2D eigenvalue weighted by Crippen LogP contribution is 2.28. The predicted octanol–water partition coefficient (Wildman–Crippen LogP) is 5.99. The van der Waals surface area contributed by atoms with Gasteiger partial charge in [0.1, 0.15) is 11.3 Å². The van der Waals surface area contributed by atoms with Crippen LogP contribution < -0.4 is 11.3 Å². The Morgan fingerprint density at radius 2 is 1.52 bits per heavy atom. The zero-order chi connectivity index (χ0) is 19.1. The number of unbranched alkanes of at least 4 members (excludes halogenated alkanes) is 9. The van der Waals surface area contributed by atoms with Crippen molar-refractivity contribution in [3.8, 4) is 0 Å². The van der Waals surface area contributed by atoms with Crippen molar-refractivity contribution in [2.45, 2.75) is 77.7 Å². The first-order chi connectivity index (χ1) is 13.2. The van der Waals surface area contributed by atoms with Crippen LogP contribution in [0.2, 0.25) is 0 Å². The molecule has 0 amide bonds. The maximum Gasteiger partial charge on any atom is 0.274 e. The average molecular weight is 368 g/mol. The van der Waals surface area contributed by atoms with Crippen molar-refractivity contribution in [1.29, 1.82) is 0 Å². The fraction of sp³-hybridized carbons (Fsp3) is 0.522. The summed E-state index contributed by atoms with van der Waals surface area (Å²) in [7, 11) is 0. The third-order valence-electron chi connectivity index (χ3n) is 5.52. The highest BCUT2D eigenvalue weighted by molar-refractivity contribution is 6.08. The Balaban J connectivity index is 1.58. The molecule has 0 unspecified atom stereocenters. The molecule has 3 N–H and O–H groups in total. The molecule has 1 aromatic carbocycles. The number of nitrogens with one attached hydrogen (secondary N) is 1. The number of aromatic nitrogens is 2. The van der Waals surface area contributed by atoms with Gasteiger partial charge in [-0.25, -0.2) is 0 Å². The molecule has 0 radical (unpaired) electrons. The highest BCUT2D eigenvalue weighted by atomic mass is 16.1. The molecule has 2 heterocycles. The molecule has 4 nitrogen and oxygen atoms in total. The molecule has 0 saturated heterocycles. The number of benzene rings is 1. The molecule has 2 aromatic heterocycles. The van der Waals surface area contributed by atoms with Gasteiger partial charge in [0.15, 0.2) is 0 Å². The lowest BCUT2D eigenvalue weighted by Gasteiger charge is -2.07. The molecule has 3 aromatic rings. The summed E-state index contributed by atoms with van der Waals surface area (Å²) in [6.07, 6.45) is 13.2. The standard InChI is InChI=1S/C23H33N3O/c1-2-3-4-5-6-7-8-9-10-13-16-26-20-15-12-11-14-18(20)19-17-21(24)25-23(27)22(19)26/h11-12,14-15,17H,2-10,13,16H2,1H3,(H3,24,25,27). The van der Waals surface area contributed by atoms with E-state index in [1.54, 1.807) is 0 Å². The number of nitrogen functional groups attached to an aromatic ring is 1. The Morgan fingerprint density at radius 3 is 2.22 bits per heavy atom. The van der Waals surface area contributed by atoms with Gasteiger partial charge in [0, 0.05) is 22.8 Å². The Hall–Kier alpha value is -2.23. The second kappa shape index (κ2) is 9.63. The maximum absolute atomic E-state index is 12.5. The SMILES string of the molecule is CCCCCCCCCCCCn1c2ccccc2c2cc(N)[nH]c(=O)c21. The van der Waals surface area contributed by atoms with Crippen molar-refractivity contribution >= 4 is 27.6 Å². The molecular weight excluding hydrogens is 334 g/mol. The van der Waals surface area contributed by atoms with Crippen molar-refractivity contribution in [3.05, 3.63) is 40.7 Å². The van der Waals surface area contributed by atoms with Crippen LogP contribution in [0.15, 0.2) is 35.1 Å². The Labute approximate surface area is 161 Å². The van der Waals surface area contributed by atoms with Gasteiger partial charge in [-0.05, 0) is 18.6 Å². The summed E-state index contributed by atoms with van der Waals surface area (Å²) in [6, 6.07) is 10.1. The van der Waals surface area contributed by atoms with Gasteiger partial charge in [-0.2, -0.15) is 0 Å². The summed E-state index contributed by atoms with van der Waals surface area (Å²) in [5.74, 6) is 0.425. The van der Waals surface area contributed by atoms with Crippen LogP contribution in [0.3, 0.4) is 0 Å². The van der Waals surface area contributed by atoms with Gasteiger partial charge in [-0.15, -0.1) is 0 Å². The van der Waals surface area contributed by atoms with Gasteiger partial charge in [-0.1, -0.05) is 82.9 Å². The fourth-order valence-electron chi connectivity index (χ4n) is 4.09. The van der Waals surface area contributed by atoms with Crippen LogP contribution in [0.4, 0.5) is 5.82 Å². The third-order valence-corrected chi connectivity index (χ3v) is 5.52. The topological polar surface area (TPSA) is 63.8 Å². The number of hydrogen-bond donors (Lipinski definition) is 2. The van der Waals surface area contributed by atoms with Crippen LogP contribution in [-0.2, 0) is 6.54 Å². The number of pyridine rings is 1. The van der Waals surface area contributed by atoms with E-state index in [0.29, 0.717) is 5.82 Å². The number of nitrogens with two attached hydrogens (primary N) is 1. The van der Waals surface area contributed by atoms with Crippen molar-refractivity contribution in [3.63, 3.8) is 0 Å². The zero-order valence-corrected chi connectivity index (χ0v) is 16.6. The first-order valence-electron chi connectivity index (χ1n) is 10.6. The van der Waals surface area contributed by atoms with E-state index in [9.17, 15) is 4.79 Å². The summed E-state index contributed by atoms with van der Waals surface area (Å²) in [5.41, 5.74) is 7.65. The molecule has 0 atom stereocenters. The maximum atomic E-state index is 12.5. The molecule has 3 rings (SSSR count). The van der Waals surface area contributed by atoms with Gasteiger partial charge in [-0.3, -0.25) is 4.79 Å². The van der Waals surface area contributed by atoms with Gasteiger partial charge < -0.3 is 15.3 Å². The third kappa shape index (κ3) is 4.74. The van der Waals surface area contributed by atoms with E-state index < -0.39 is 0 Å². The summed E-state index contributed by atoms with van der Waals surface area (Å²) < 4.78 is 2.17. The molecule has 0 spiro atoms. The number of hydrogen-bond acceptors (Lipinski definition) is 2. The van der Waals surface area contributed by atoms with Crippen LogP contribution in [0, 0.1) is 0 Å². The first-order valence-corrected chi connectivity index (χ1v) is 10.6. The summed E-state index contributed by atoms with van der Waals surface area (Å²) in [4.78, 5) is 15.3. The lowest BCUT2D eigenvalue weighted by molar-refractivity contribution is 0.541. The minimum Gasteiger partial charge on any atom is -0.385 e. The number of nitrogens with zero attached hydrogens (tertiary/aromatic N) is 1. The summed E-state index contributed by atoms with van der Waals surface area (Å²) >= 11 is 0. The molecule has 0 aliphatic rings. The number of aromatic amines is 1. The summed E-state index contributed by atoms with van der Waals surface area (Å²) in [5, 5.41) is 2.07. The first kappa shape index (κ1) is 19.5. The van der Waals surface area contributed by atoms with Crippen molar-refractivity contribution in [1.82, 2.24) is 9.55 Å². The predicted molar refractivity (Wildman–Crippen MR) is 116 cm³/mol. The van der Waals surface area contributed by atoms with Crippen molar-refractivity contribution < 1.29 is 0 Å². The molecule has 27 heavy (non-hydrogen) atoms. The average Bonchev–Trinajstić information content (AvgIpc) is 2.97. The molecule has 146 valence electrons. The number of anilines is 1. The quantitative estimate of drug-likeness (QED) is 0.409. The highest BCUT2D eigenvalue weighted by Gasteiger charge is 2.13. The van der Waals surface area contributed by atoms with E-state index in [1.165, 1.54) is 57.8 Å². The molecule has 0 fully saturated rings. The Kier molecular flexibility index (Phi) is 6.97. The largest absolute Gasteiger partial charge is 0.385 e. The van der Waals surface area contributed by atoms with Crippen molar-refractivity contribution in [2.75, 3.05) is 5.73 Å². The van der Waals surface area contributed by atoms with Gasteiger partial charge in [0.05, 0.1) is 0 Å². The lowest BCUT2D eigenvalue weighted by Crippen LogP contribution is -2.13. The minimum absolute atomic E-state index is 0.0896. The van der Waals surface area contributed by atoms with Crippen LogP contribution >= 0.6 is 0 Å². The molecule has 0 aliphatic heterocycles. The number of para-hydroxylation sites is 1. The van der Waals surface area contributed by atoms with Crippen LogP contribution in [0.5, 0.6) is 0 Å². The van der Waals surface area contributed by atoms with Crippen LogP contribution in [0.1, 0.15) is 71.1 Å². The lowest BCUT2D eigenvalue weighted by atomic mass is 10.1. The number of fused-ring (bicyclic) bond motifs is 3. The molecule has 0 bridgehead atoms. The van der Waals surface area contributed by atoms with Gasteiger partial charge in [0.2, 0.25) is 0 Å². The molecular formula is C23H33N3O. The molecule has 0 saturated carbocycles. The van der Waals surface area contributed by atoms with Crippen molar-refractivity contribution in [2.24, 2.45) is 0 Å². The Bertz CT molecular complexity index is 922.